The van der Waals surface area contributed by atoms with Crippen molar-refractivity contribution in [2.45, 2.75) is 13.0 Å². The quantitative estimate of drug-likeness (QED) is 0.448. The van der Waals surface area contributed by atoms with Crippen LogP contribution in [0.2, 0.25) is 0 Å². The number of para-hydroxylation sites is 1. The van der Waals surface area contributed by atoms with E-state index in [4.69, 9.17) is 18.6 Å². The van der Waals surface area contributed by atoms with Gasteiger partial charge in [-0.25, -0.2) is 4.79 Å². The molecule has 0 spiro atoms. The number of hydrogen-bond acceptors (Lipinski definition) is 7. The van der Waals surface area contributed by atoms with Crippen LogP contribution in [0.1, 0.15) is 39.4 Å². The molecule has 0 bridgehead atoms. The van der Waals surface area contributed by atoms with E-state index < -0.39 is 24.5 Å². The van der Waals surface area contributed by atoms with Gasteiger partial charge in [0.25, 0.3) is 5.91 Å². The number of esters is 1. The summed E-state index contributed by atoms with van der Waals surface area (Å²) < 4.78 is 21.1. The molecule has 0 aliphatic carbocycles. The van der Waals surface area contributed by atoms with Crippen LogP contribution in [-0.2, 0) is 9.53 Å². The number of amides is 1. The predicted molar refractivity (Wildman–Crippen MR) is 108 cm³/mol. The van der Waals surface area contributed by atoms with Crippen molar-refractivity contribution >= 4 is 29.1 Å². The van der Waals surface area contributed by atoms with Gasteiger partial charge in [0.2, 0.25) is 0 Å². The number of benzene rings is 2. The highest BCUT2D eigenvalue weighted by molar-refractivity contribution is 6.02. The minimum absolute atomic E-state index is 0.0585. The summed E-state index contributed by atoms with van der Waals surface area (Å²) in [6.45, 7) is 1.22. The molecular formula is C22H21NO7. The Bertz CT molecular complexity index is 1050. The summed E-state index contributed by atoms with van der Waals surface area (Å²) in [5.41, 5.74) is 0.672. The van der Waals surface area contributed by atoms with Crippen LogP contribution in [0.4, 0.5) is 0 Å². The first-order valence-corrected chi connectivity index (χ1v) is 9.13. The van der Waals surface area contributed by atoms with Crippen molar-refractivity contribution in [2.24, 2.45) is 0 Å². The predicted octanol–water partition coefficient (Wildman–Crippen LogP) is 3.30. The first-order valence-electron chi connectivity index (χ1n) is 9.13. The molecular weight excluding hydrogens is 390 g/mol. The van der Waals surface area contributed by atoms with Crippen molar-refractivity contribution in [3.05, 3.63) is 59.4 Å². The van der Waals surface area contributed by atoms with E-state index in [0.29, 0.717) is 17.6 Å². The maximum Gasteiger partial charge on any atom is 0.343 e. The van der Waals surface area contributed by atoms with Gasteiger partial charge in [0.1, 0.15) is 16.9 Å². The molecule has 3 rings (SSSR count). The summed E-state index contributed by atoms with van der Waals surface area (Å²) in [6, 6.07) is 11.8. The second kappa shape index (κ2) is 9.13. The van der Waals surface area contributed by atoms with Crippen LogP contribution >= 0.6 is 0 Å². The van der Waals surface area contributed by atoms with Crippen LogP contribution in [0.3, 0.4) is 0 Å². The van der Waals surface area contributed by atoms with Gasteiger partial charge in [0, 0.05) is 10.9 Å². The third-order valence-electron chi connectivity index (χ3n) is 4.49. The first kappa shape index (κ1) is 20.9. The molecule has 1 atom stereocenters. The van der Waals surface area contributed by atoms with E-state index in [9.17, 15) is 14.4 Å². The Kier molecular flexibility index (Phi) is 6.36. The van der Waals surface area contributed by atoms with E-state index in [-0.39, 0.29) is 22.6 Å². The third-order valence-corrected chi connectivity index (χ3v) is 4.49. The monoisotopic (exact) mass is 411 g/mol. The fourth-order valence-electron chi connectivity index (χ4n) is 3.02. The van der Waals surface area contributed by atoms with Crippen LogP contribution in [0.5, 0.6) is 11.5 Å². The molecule has 1 amide bonds. The van der Waals surface area contributed by atoms with Crippen LogP contribution in [0.25, 0.3) is 11.0 Å². The zero-order valence-electron chi connectivity index (χ0n) is 16.8. The van der Waals surface area contributed by atoms with Gasteiger partial charge < -0.3 is 23.9 Å². The molecule has 2 aromatic carbocycles. The minimum atomic E-state index is -0.876. The standard InChI is InChI=1S/C22H21NO7/c1-13(18-10-14-6-4-5-7-16(14)30-18)23-19(25)12-29-22(26)20-15(11-24)8-9-17(27-2)21(20)28-3/h4-11,13H,12H2,1-3H3,(H,23,25)/t13-/m1/s1. The van der Waals surface area contributed by atoms with E-state index >= 15 is 0 Å². The summed E-state index contributed by atoms with van der Waals surface area (Å²) in [7, 11) is 2.74. The van der Waals surface area contributed by atoms with Crippen LogP contribution < -0.4 is 14.8 Å². The van der Waals surface area contributed by atoms with Gasteiger partial charge >= 0.3 is 5.97 Å². The molecule has 0 saturated carbocycles. The Hall–Kier alpha value is -3.81. The number of aldehydes is 1. The lowest BCUT2D eigenvalue weighted by Gasteiger charge is -2.15. The number of carbonyl (C=O) groups excluding carboxylic acids is 3. The minimum Gasteiger partial charge on any atom is -0.493 e. The lowest BCUT2D eigenvalue weighted by molar-refractivity contribution is -0.125. The second-order valence-corrected chi connectivity index (χ2v) is 6.44. The number of methoxy groups -OCH3 is 2. The van der Waals surface area contributed by atoms with Crippen molar-refractivity contribution < 1.29 is 33.0 Å². The summed E-state index contributed by atoms with van der Waals surface area (Å²) in [5.74, 6) is -0.500. The molecule has 3 aromatic rings. The highest BCUT2D eigenvalue weighted by Gasteiger charge is 2.24. The normalized spacial score (nSPS) is 11.6. The van der Waals surface area contributed by atoms with Gasteiger partial charge in [0.15, 0.2) is 24.4 Å². The highest BCUT2D eigenvalue weighted by Crippen LogP contribution is 2.33. The third kappa shape index (κ3) is 4.27. The average Bonchev–Trinajstić information content (AvgIpc) is 3.20. The van der Waals surface area contributed by atoms with E-state index in [1.165, 1.54) is 26.4 Å². The largest absolute Gasteiger partial charge is 0.493 e. The van der Waals surface area contributed by atoms with E-state index in [0.717, 1.165) is 5.39 Å². The van der Waals surface area contributed by atoms with E-state index in [2.05, 4.69) is 5.32 Å². The molecule has 0 unspecified atom stereocenters. The van der Waals surface area contributed by atoms with Crippen molar-refractivity contribution in [3.63, 3.8) is 0 Å². The first-order chi connectivity index (χ1) is 14.5. The lowest BCUT2D eigenvalue weighted by Crippen LogP contribution is -2.31. The van der Waals surface area contributed by atoms with Gasteiger partial charge in [-0.3, -0.25) is 9.59 Å². The van der Waals surface area contributed by atoms with Gasteiger partial charge in [-0.1, -0.05) is 18.2 Å². The zero-order chi connectivity index (χ0) is 21.7. The van der Waals surface area contributed by atoms with Gasteiger partial charge in [-0.05, 0) is 31.2 Å². The molecule has 156 valence electrons. The summed E-state index contributed by atoms with van der Waals surface area (Å²) >= 11 is 0. The van der Waals surface area contributed by atoms with Crippen LogP contribution in [-0.4, -0.2) is 39.0 Å². The summed E-state index contributed by atoms with van der Waals surface area (Å²) in [5, 5.41) is 3.63. The van der Waals surface area contributed by atoms with E-state index in [1.54, 1.807) is 6.92 Å². The Balaban J connectivity index is 1.67. The topological polar surface area (TPSA) is 104 Å². The maximum atomic E-state index is 12.5. The van der Waals surface area contributed by atoms with Crippen molar-refractivity contribution in [2.75, 3.05) is 20.8 Å². The average molecular weight is 411 g/mol. The molecule has 30 heavy (non-hydrogen) atoms. The molecule has 1 aromatic heterocycles. The van der Waals surface area contributed by atoms with E-state index in [1.807, 2.05) is 30.3 Å². The molecule has 0 fully saturated rings. The summed E-state index contributed by atoms with van der Waals surface area (Å²) in [4.78, 5) is 36.1. The van der Waals surface area contributed by atoms with Crippen LogP contribution in [0, 0.1) is 0 Å². The molecule has 1 heterocycles. The molecule has 0 saturated heterocycles. The van der Waals surface area contributed by atoms with Gasteiger partial charge in [0.05, 0.1) is 20.3 Å². The molecule has 0 radical (unpaired) electrons. The Labute approximate surface area is 172 Å². The Morgan fingerprint density at radius 3 is 2.57 bits per heavy atom. The number of rotatable bonds is 8. The molecule has 0 aliphatic heterocycles. The number of ether oxygens (including phenoxy) is 3. The number of hydrogen-bond donors (Lipinski definition) is 1. The smallest absolute Gasteiger partial charge is 0.343 e. The van der Waals surface area contributed by atoms with Gasteiger partial charge in [-0.2, -0.15) is 0 Å². The molecule has 8 heteroatoms. The van der Waals surface area contributed by atoms with Crippen molar-refractivity contribution in [3.8, 4) is 11.5 Å². The maximum absolute atomic E-state index is 12.5. The molecule has 1 N–H and O–H groups in total. The fraction of sp³-hybridized carbons (Fsp3) is 0.227. The van der Waals surface area contributed by atoms with Crippen LogP contribution in [0.15, 0.2) is 46.9 Å². The van der Waals surface area contributed by atoms with Crippen molar-refractivity contribution in [1.29, 1.82) is 0 Å². The van der Waals surface area contributed by atoms with Gasteiger partial charge in [-0.15, -0.1) is 0 Å². The lowest BCUT2D eigenvalue weighted by atomic mass is 10.1. The number of nitrogens with one attached hydrogen (secondary N) is 1. The number of carbonyl (C=O) groups is 3. The Morgan fingerprint density at radius 1 is 1.13 bits per heavy atom. The SMILES string of the molecule is COc1ccc(C=O)c(C(=O)OCC(=O)N[C@H](C)c2cc3ccccc3o2)c1OC. The fourth-order valence-corrected chi connectivity index (χ4v) is 3.02. The Morgan fingerprint density at radius 2 is 1.90 bits per heavy atom. The second-order valence-electron chi connectivity index (χ2n) is 6.44. The molecule has 8 nitrogen and oxygen atoms in total. The van der Waals surface area contributed by atoms with Crippen molar-refractivity contribution in [1.82, 2.24) is 5.32 Å². The number of fused-ring (bicyclic) bond motifs is 1. The summed E-state index contributed by atoms with van der Waals surface area (Å²) in [6.07, 6.45) is 0.502. The highest BCUT2D eigenvalue weighted by atomic mass is 16.5. The zero-order valence-corrected chi connectivity index (χ0v) is 16.8. The number of furan rings is 1. The molecule has 0 aliphatic rings.